The van der Waals surface area contributed by atoms with E-state index in [0.29, 0.717) is 38.4 Å². The van der Waals surface area contributed by atoms with Crippen LogP contribution in [0, 0.1) is 6.92 Å². The Hall–Kier alpha value is -2.60. The van der Waals surface area contributed by atoms with Gasteiger partial charge in [-0.2, -0.15) is 0 Å². The topological polar surface area (TPSA) is 57.0 Å². The van der Waals surface area contributed by atoms with Gasteiger partial charge >= 0.3 is 0 Å². The third-order valence-electron chi connectivity index (χ3n) is 4.96. The lowest BCUT2D eigenvalue weighted by Crippen LogP contribution is -2.49. The standard InChI is InChI=1S/C21H27N3O3/c1-3-24(18-7-4-6-17(2)16-18)20(25)9-10-22-11-13-23(14-12-22)21(26)19-8-5-15-27-19/h4-8,15-16H,3,9-14H2,1-2H3. The first-order valence-electron chi connectivity index (χ1n) is 9.50. The van der Waals surface area contributed by atoms with Gasteiger partial charge in [0.2, 0.25) is 5.91 Å². The first-order chi connectivity index (χ1) is 13.1. The number of furan rings is 1. The molecule has 3 rings (SSSR count). The second-order valence-electron chi connectivity index (χ2n) is 6.84. The Labute approximate surface area is 160 Å². The predicted molar refractivity (Wildman–Crippen MR) is 105 cm³/mol. The number of hydrogen-bond donors (Lipinski definition) is 0. The largest absolute Gasteiger partial charge is 0.459 e. The Morgan fingerprint density at radius 1 is 1.11 bits per heavy atom. The van der Waals surface area contributed by atoms with Gasteiger partial charge in [-0.1, -0.05) is 12.1 Å². The summed E-state index contributed by atoms with van der Waals surface area (Å²) in [7, 11) is 0. The minimum atomic E-state index is -0.0627. The molecule has 1 fully saturated rings. The number of nitrogens with zero attached hydrogens (tertiary/aromatic N) is 3. The first kappa shape index (κ1) is 19.2. The molecule has 0 spiro atoms. The van der Waals surface area contributed by atoms with Crippen LogP contribution in [0.25, 0.3) is 0 Å². The van der Waals surface area contributed by atoms with Crippen molar-refractivity contribution in [2.45, 2.75) is 20.3 Å². The Kier molecular flexibility index (Phi) is 6.29. The Morgan fingerprint density at radius 2 is 1.89 bits per heavy atom. The molecule has 1 aromatic heterocycles. The van der Waals surface area contributed by atoms with Crippen LogP contribution >= 0.6 is 0 Å². The van der Waals surface area contributed by atoms with Crippen molar-refractivity contribution in [3.63, 3.8) is 0 Å². The number of amides is 2. The summed E-state index contributed by atoms with van der Waals surface area (Å²) in [5.74, 6) is 0.458. The fourth-order valence-electron chi connectivity index (χ4n) is 3.42. The van der Waals surface area contributed by atoms with E-state index in [2.05, 4.69) is 4.90 Å². The van der Waals surface area contributed by atoms with Gasteiger partial charge in [0.05, 0.1) is 6.26 Å². The smallest absolute Gasteiger partial charge is 0.289 e. The normalized spacial score (nSPS) is 15.0. The lowest BCUT2D eigenvalue weighted by atomic mass is 10.2. The number of benzene rings is 1. The number of aryl methyl sites for hydroxylation is 1. The third-order valence-corrected chi connectivity index (χ3v) is 4.96. The van der Waals surface area contributed by atoms with Gasteiger partial charge in [0.25, 0.3) is 5.91 Å². The fourth-order valence-corrected chi connectivity index (χ4v) is 3.42. The number of hydrogen-bond acceptors (Lipinski definition) is 4. The minimum Gasteiger partial charge on any atom is -0.459 e. The minimum absolute atomic E-state index is 0.0627. The highest BCUT2D eigenvalue weighted by Crippen LogP contribution is 2.17. The molecular weight excluding hydrogens is 342 g/mol. The summed E-state index contributed by atoms with van der Waals surface area (Å²) < 4.78 is 5.19. The summed E-state index contributed by atoms with van der Waals surface area (Å²) in [6.07, 6.45) is 2.00. The van der Waals surface area contributed by atoms with Crippen LogP contribution in [-0.2, 0) is 4.79 Å². The van der Waals surface area contributed by atoms with Crippen LogP contribution in [0.5, 0.6) is 0 Å². The molecule has 2 heterocycles. The number of anilines is 1. The van der Waals surface area contributed by atoms with Gasteiger partial charge < -0.3 is 14.2 Å². The average Bonchev–Trinajstić information content (AvgIpc) is 3.22. The Bertz CT molecular complexity index is 765. The van der Waals surface area contributed by atoms with E-state index in [-0.39, 0.29) is 11.8 Å². The fraction of sp³-hybridized carbons (Fsp3) is 0.429. The molecule has 1 saturated heterocycles. The van der Waals surface area contributed by atoms with Gasteiger partial charge in [0.15, 0.2) is 5.76 Å². The molecule has 1 aliphatic rings. The molecule has 6 nitrogen and oxygen atoms in total. The second-order valence-corrected chi connectivity index (χ2v) is 6.84. The molecule has 0 saturated carbocycles. The van der Waals surface area contributed by atoms with E-state index in [1.807, 2.05) is 47.9 Å². The molecule has 0 bridgehead atoms. The lowest BCUT2D eigenvalue weighted by molar-refractivity contribution is -0.119. The summed E-state index contributed by atoms with van der Waals surface area (Å²) in [5.41, 5.74) is 2.10. The van der Waals surface area contributed by atoms with Crippen LogP contribution in [0.15, 0.2) is 47.1 Å². The SMILES string of the molecule is CCN(C(=O)CCN1CCN(C(=O)c2ccco2)CC1)c1cccc(C)c1. The number of piperazine rings is 1. The van der Waals surface area contributed by atoms with E-state index in [1.165, 1.54) is 6.26 Å². The molecule has 0 aliphatic carbocycles. The van der Waals surface area contributed by atoms with Crippen molar-refractivity contribution >= 4 is 17.5 Å². The molecule has 0 radical (unpaired) electrons. The highest BCUT2D eigenvalue weighted by atomic mass is 16.3. The molecule has 0 N–H and O–H groups in total. The Morgan fingerprint density at radius 3 is 2.52 bits per heavy atom. The lowest BCUT2D eigenvalue weighted by Gasteiger charge is -2.34. The van der Waals surface area contributed by atoms with Crippen LogP contribution in [0.1, 0.15) is 29.5 Å². The predicted octanol–water partition coefficient (Wildman–Crippen LogP) is 2.79. The maximum absolute atomic E-state index is 12.7. The molecular formula is C21H27N3O3. The summed E-state index contributed by atoms with van der Waals surface area (Å²) >= 11 is 0. The Balaban J connectivity index is 1.48. The van der Waals surface area contributed by atoms with Gasteiger partial charge in [-0.15, -0.1) is 0 Å². The van der Waals surface area contributed by atoms with Crippen molar-refractivity contribution < 1.29 is 14.0 Å². The zero-order valence-corrected chi connectivity index (χ0v) is 16.1. The molecule has 0 unspecified atom stereocenters. The zero-order valence-electron chi connectivity index (χ0n) is 16.1. The summed E-state index contributed by atoms with van der Waals surface area (Å²) in [6.45, 7) is 8.26. The van der Waals surface area contributed by atoms with Crippen molar-refractivity contribution in [1.82, 2.24) is 9.80 Å². The first-order valence-corrected chi connectivity index (χ1v) is 9.50. The van der Waals surface area contributed by atoms with E-state index in [1.54, 1.807) is 12.1 Å². The monoisotopic (exact) mass is 369 g/mol. The molecule has 1 aliphatic heterocycles. The molecule has 2 amide bonds. The van der Waals surface area contributed by atoms with Crippen LogP contribution in [0.2, 0.25) is 0 Å². The van der Waals surface area contributed by atoms with E-state index in [9.17, 15) is 9.59 Å². The average molecular weight is 369 g/mol. The van der Waals surface area contributed by atoms with Crippen molar-refractivity contribution in [2.75, 3.05) is 44.2 Å². The maximum atomic E-state index is 12.7. The van der Waals surface area contributed by atoms with Gasteiger partial charge in [0.1, 0.15) is 0 Å². The molecule has 2 aromatic rings. The number of carbonyl (C=O) groups excluding carboxylic acids is 2. The van der Waals surface area contributed by atoms with E-state index >= 15 is 0 Å². The van der Waals surface area contributed by atoms with Crippen LogP contribution in [0.3, 0.4) is 0 Å². The summed E-state index contributed by atoms with van der Waals surface area (Å²) in [5, 5.41) is 0. The quantitative estimate of drug-likeness (QED) is 0.786. The van der Waals surface area contributed by atoms with E-state index in [4.69, 9.17) is 4.42 Å². The highest BCUT2D eigenvalue weighted by molar-refractivity contribution is 5.93. The summed E-state index contributed by atoms with van der Waals surface area (Å²) in [6, 6.07) is 11.5. The molecule has 1 aromatic carbocycles. The molecule has 144 valence electrons. The van der Waals surface area contributed by atoms with E-state index in [0.717, 1.165) is 24.3 Å². The third kappa shape index (κ3) is 4.77. The molecule has 0 atom stereocenters. The van der Waals surface area contributed by atoms with Crippen LogP contribution < -0.4 is 4.90 Å². The second kappa shape index (κ2) is 8.86. The van der Waals surface area contributed by atoms with Crippen LogP contribution in [0.4, 0.5) is 5.69 Å². The van der Waals surface area contributed by atoms with E-state index < -0.39 is 0 Å². The van der Waals surface area contributed by atoms with Crippen molar-refractivity contribution in [2.24, 2.45) is 0 Å². The van der Waals surface area contributed by atoms with Gasteiger partial charge in [0, 0.05) is 51.4 Å². The number of carbonyl (C=O) groups is 2. The summed E-state index contributed by atoms with van der Waals surface area (Å²) in [4.78, 5) is 30.9. The highest BCUT2D eigenvalue weighted by Gasteiger charge is 2.24. The zero-order chi connectivity index (χ0) is 19.2. The number of rotatable bonds is 6. The molecule has 6 heteroatoms. The van der Waals surface area contributed by atoms with Gasteiger partial charge in [-0.3, -0.25) is 14.5 Å². The van der Waals surface area contributed by atoms with Gasteiger partial charge in [-0.25, -0.2) is 0 Å². The molecule has 27 heavy (non-hydrogen) atoms. The van der Waals surface area contributed by atoms with Crippen LogP contribution in [-0.4, -0.2) is 60.9 Å². The van der Waals surface area contributed by atoms with Crippen molar-refractivity contribution in [1.29, 1.82) is 0 Å². The van der Waals surface area contributed by atoms with Crippen molar-refractivity contribution in [3.05, 3.63) is 54.0 Å². The van der Waals surface area contributed by atoms with Gasteiger partial charge in [-0.05, 0) is 43.7 Å². The van der Waals surface area contributed by atoms with Crippen molar-refractivity contribution in [3.8, 4) is 0 Å². The maximum Gasteiger partial charge on any atom is 0.289 e.